The van der Waals surface area contributed by atoms with E-state index in [9.17, 15) is 19.7 Å². The van der Waals surface area contributed by atoms with Gasteiger partial charge in [0.1, 0.15) is 13.2 Å². The van der Waals surface area contributed by atoms with Crippen LogP contribution in [0, 0.1) is 10.1 Å². The van der Waals surface area contributed by atoms with Crippen LogP contribution in [0.15, 0.2) is 78.9 Å². The van der Waals surface area contributed by atoms with Crippen molar-refractivity contribution in [2.24, 2.45) is 0 Å². The number of hydrogen-bond donors (Lipinski definition) is 0. The van der Waals surface area contributed by atoms with E-state index in [0.29, 0.717) is 22.3 Å². The molecule has 30 heavy (non-hydrogen) atoms. The highest BCUT2D eigenvalue weighted by Crippen LogP contribution is 2.13. The molecule has 0 heterocycles. The van der Waals surface area contributed by atoms with Gasteiger partial charge in [-0.3, -0.25) is 9.59 Å². The minimum Gasteiger partial charge on any atom is -0.461 e. The molecular formula is C23H19NO6. The quantitative estimate of drug-likeness (QED) is 0.232. The molecule has 0 radical (unpaired) electrons. The van der Waals surface area contributed by atoms with Gasteiger partial charge in [0.15, 0.2) is 5.78 Å². The zero-order chi connectivity index (χ0) is 21.3. The first-order valence-electron chi connectivity index (χ1n) is 9.21. The summed E-state index contributed by atoms with van der Waals surface area (Å²) < 4.78 is 5.29. The van der Waals surface area contributed by atoms with E-state index >= 15 is 0 Å². The van der Waals surface area contributed by atoms with Crippen LogP contribution >= 0.6 is 0 Å². The molecule has 0 bridgehead atoms. The Morgan fingerprint density at radius 1 is 0.767 bits per heavy atom. The summed E-state index contributed by atoms with van der Waals surface area (Å²) in [6.07, 6.45) is 0.0463. The summed E-state index contributed by atoms with van der Waals surface area (Å²) in [6.45, 7) is -0.0526. The lowest BCUT2D eigenvalue weighted by Gasteiger charge is -2.07. The number of rotatable bonds is 9. The fraction of sp³-hybridized carbons (Fsp3) is 0.130. The Morgan fingerprint density at radius 2 is 1.40 bits per heavy atom. The summed E-state index contributed by atoms with van der Waals surface area (Å²) in [5.74, 6) is -0.521. The van der Waals surface area contributed by atoms with Crippen LogP contribution in [-0.2, 0) is 34.0 Å². The SMILES string of the molecule is O=C(Cc1cccc(C(=O)c2ccccc2)c1)OCc1ccc(CO[N+](=O)[O-])cc1. The summed E-state index contributed by atoms with van der Waals surface area (Å²) >= 11 is 0. The van der Waals surface area contributed by atoms with Crippen molar-refractivity contribution in [3.8, 4) is 0 Å². The molecule has 0 aliphatic heterocycles. The molecule has 0 aliphatic carbocycles. The highest BCUT2D eigenvalue weighted by Gasteiger charge is 2.11. The average Bonchev–Trinajstić information content (AvgIpc) is 2.77. The predicted octanol–water partition coefficient (Wildman–Crippen LogP) is 3.91. The van der Waals surface area contributed by atoms with Gasteiger partial charge in [-0.05, 0) is 22.8 Å². The number of ether oxygens (including phenoxy) is 1. The molecule has 0 aromatic heterocycles. The van der Waals surface area contributed by atoms with Crippen molar-refractivity contribution in [1.82, 2.24) is 0 Å². The first kappa shape index (κ1) is 20.7. The molecule has 7 heteroatoms. The summed E-state index contributed by atoms with van der Waals surface area (Å²) in [4.78, 5) is 39.2. The van der Waals surface area contributed by atoms with Crippen molar-refractivity contribution < 1.29 is 24.3 Å². The number of carbonyl (C=O) groups is 2. The Balaban J connectivity index is 1.54. The molecule has 0 amide bonds. The Hall–Kier alpha value is -4.00. The Kier molecular flexibility index (Phi) is 6.89. The number of benzene rings is 3. The maximum atomic E-state index is 12.5. The van der Waals surface area contributed by atoms with Gasteiger partial charge >= 0.3 is 5.97 Å². The smallest absolute Gasteiger partial charge is 0.310 e. The van der Waals surface area contributed by atoms with Crippen LogP contribution in [-0.4, -0.2) is 16.8 Å². The highest BCUT2D eigenvalue weighted by molar-refractivity contribution is 6.09. The van der Waals surface area contributed by atoms with Crippen molar-refractivity contribution in [3.05, 3.63) is 117 Å². The Labute approximate surface area is 173 Å². The maximum Gasteiger partial charge on any atom is 0.310 e. The number of nitrogens with zero attached hydrogens (tertiary/aromatic N) is 1. The summed E-state index contributed by atoms with van der Waals surface area (Å²) in [6, 6.07) is 22.6. The van der Waals surface area contributed by atoms with Gasteiger partial charge < -0.3 is 9.57 Å². The number of esters is 1. The minimum atomic E-state index is -0.849. The van der Waals surface area contributed by atoms with E-state index < -0.39 is 11.1 Å². The van der Waals surface area contributed by atoms with Crippen LogP contribution in [0.3, 0.4) is 0 Å². The molecule has 0 N–H and O–H groups in total. The van der Waals surface area contributed by atoms with E-state index in [4.69, 9.17) is 4.74 Å². The van der Waals surface area contributed by atoms with Crippen LogP contribution in [0.4, 0.5) is 0 Å². The average molecular weight is 405 g/mol. The third kappa shape index (κ3) is 6.00. The lowest BCUT2D eigenvalue weighted by atomic mass is 10.0. The second-order valence-electron chi connectivity index (χ2n) is 6.55. The number of ketones is 1. The van der Waals surface area contributed by atoms with Crippen LogP contribution in [0.25, 0.3) is 0 Å². The van der Waals surface area contributed by atoms with Crippen molar-refractivity contribution in [3.63, 3.8) is 0 Å². The van der Waals surface area contributed by atoms with Gasteiger partial charge in [0.25, 0.3) is 5.09 Å². The van der Waals surface area contributed by atoms with Gasteiger partial charge in [0.05, 0.1) is 6.42 Å². The zero-order valence-electron chi connectivity index (χ0n) is 16.0. The molecule has 0 aliphatic rings. The maximum absolute atomic E-state index is 12.5. The zero-order valence-corrected chi connectivity index (χ0v) is 16.0. The van der Waals surface area contributed by atoms with E-state index in [2.05, 4.69) is 4.84 Å². The summed E-state index contributed by atoms with van der Waals surface area (Å²) in [7, 11) is 0. The molecule has 0 saturated heterocycles. The first-order chi connectivity index (χ1) is 14.5. The van der Waals surface area contributed by atoms with Crippen molar-refractivity contribution in [1.29, 1.82) is 0 Å². The van der Waals surface area contributed by atoms with E-state index in [1.165, 1.54) is 0 Å². The van der Waals surface area contributed by atoms with Crippen molar-refractivity contribution >= 4 is 11.8 Å². The minimum absolute atomic E-state index is 0.0463. The predicted molar refractivity (Wildman–Crippen MR) is 108 cm³/mol. The van der Waals surface area contributed by atoms with Gasteiger partial charge in [-0.15, -0.1) is 10.1 Å². The fourth-order valence-electron chi connectivity index (χ4n) is 2.82. The topological polar surface area (TPSA) is 95.7 Å². The lowest BCUT2D eigenvalue weighted by Crippen LogP contribution is -2.09. The van der Waals surface area contributed by atoms with Gasteiger partial charge in [-0.25, -0.2) is 0 Å². The molecule has 3 aromatic rings. The van der Waals surface area contributed by atoms with Crippen molar-refractivity contribution in [2.75, 3.05) is 0 Å². The van der Waals surface area contributed by atoms with Crippen LogP contribution in [0.2, 0.25) is 0 Å². The van der Waals surface area contributed by atoms with Gasteiger partial charge in [0, 0.05) is 11.1 Å². The normalized spacial score (nSPS) is 10.3. The van der Waals surface area contributed by atoms with Gasteiger partial charge in [-0.1, -0.05) is 72.8 Å². The Bertz CT molecular complexity index is 1030. The molecule has 0 fully saturated rings. The fourth-order valence-corrected chi connectivity index (χ4v) is 2.82. The second-order valence-corrected chi connectivity index (χ2v) is 6.55. The first-order valence-corrected chi connectivity index (χ1v) is 9.21. The highest BCUT2D eigenvalue weighted by atomic mass is 16.9. The molecule has 3 aromatic carbocycles. The standard InChI is InChI=1S/C23H19NO6/c25-22(29-15-17-9-11-18(12-10-17)16-30-24(27)28)14-19-5-4-8-21(13-19)23(26)20-6-2-1-3-7-20/h1-13H,14-16H2. The van der Waals surface area contributed by atoms with E-state index in [-0.39, 0.29) is 25.4 Å². The molecule has 152 valence electrons. The van der Waals surface area contributed by atoms with Gasteiger partial charge in [-0.2, -0.15) is 0 Å². The van der Waals surface area contributed by atoms with Crippen LogP contribution in [0.5, 0.6) is 0 Å². The molecule has 7 nitrogen and oxygen atoms in total. The monoisotopic (exact) mass is 405 g/mol. The largest absolute Gasteiger partial charge is 0.461 e. The Morgan fingerprint density at radius 3 is 2.07 bits per heavy atom. The number of hydrogen-bond acceptors (Lipinski definition) is 6. The summed E-state index contributed by atoms with van der Waals surface area (Å²) in [5.41, 5.74) is 3.18. The third-order valence-corrected chi connectivity index (χ3v) is 4.33. The van der Waals surface area contributed by atoms with Gasteiger partial charge in [0.2, 0.25) is 0 Å². The van der Waals surface area contributed by atoms with E-state index in [1.54, 1.807) is 72.8 Å². The van der Waals surface area contributed by atoms with Crippen LogP contribution < -0.4 is 0 Å². The molecule has 3 rings (SSSR count). The third-order valence-electron chi connectivity index (χ3n) is 4.33. The second kappa shape index (κ2) is 9.97. The molecule has 0 atom stereocenters. The van der Waals surface area contributed by atoms with Crippen LogP contribution in [0.1, 0.15) is 32.6 Å². The van der Waals surface area contributed by atoms with E-state index in [0.717, 1.165) is 5.56 Å². The molecule has 0 spiro atoms. The van der Waals surface area contributed by atoms with Crippen molar-refractivity contribution in [2.45, 2.75) is 19.6 Å². The molecular weight excluding hydrogens is 386 g/mol. The molecule has 0 saturated carbocycles. The molecule has 0 unspecified atom stereocenters. The number of carbonyl (C=O) groups excluding carboxylic acids is 2. The summed E-state index contributed by atoms with van der Waals surface area (Å²) in [5, 5.41) is 9.36. The lowest BCUT2D eigenvalue weighted by molar-refractivity contribution is -0.763. The van der Waals surface area contributed by atoms with E-state index in [1.807, 2.05) is 6.07 Å².